The highest BCUT2D eigenvalue weighted by atomic mass is 15.2. The molecule has 0 N–H and O–H groups in total. The van der Waals surface area contributed by atoms with Crippen LogP contribution in [0.3, 0.4) is 0 Å². The maximum Gasteiger partial charge on any atom is 0.0128 e. The molecule has 1 saturated heterocycles. The molecular weight excluding hydrogens is 146 g/mol. The molecule has 0 aromatic carbocycles. The van der Waals surface area contributed by atoms with Crippen LogP contribution < -0.4 is 0 Å². The Hall–Kier alpha value is -0.0400. The average Bonchev–Trinajstić information content (AvgIpc) is 2.87. The Labute approximate surface area is 75.1 Å². The van der Waals surface area contributed by atoms with E-state index in [1.165, 1.54) is 45.2 Å². The van der Waals surface area contributed by atoms with Gasteiger partial charge in [-0.05, 0) is 50.0 Å². The van der Waals surface area contributed by atoms with Crippen molar-refractivity contribution in [2.24, 2.45) is 11.3 Å². The summed E-state index contributed by atoms with van der Waals surface area (Å²) in [6.07, 6.45) is 7.49. The molecule has 0 radical (unpaired) electrons. The smallest absolute Gasteiger partial charge is 0.0128 e. The topological polar surface area (TPSA) is 3.24 Å². The zero-order valence-corrected chi connectivity index (χ0v) is 8.05. The molecule has 1 heterocycles. The Kier molecular flexibility index (Phi) is 1.39. The number of rotatable bonds is 2. The van der Waals surface area contributed by atoms with E-state index in [1.54, 1.807) is 0 Å². The zero-order valence-electron chi connectivity index (χ0n) is 8.05. The lowest BCUT2D eigenvalue weighted by Gasteiger charge is -2.29. The molecule has 2 unspecified atom stereocenters. The predicted molar refractivity (Wildman–Crippen MR) is 50.0 cm³/mol. The lowest BCUT2D eigenvalue weighted by atomic mass is 10.1. The second-order valence-electron chi connectivity index (χ2n) is 5.49. The standard InChI is InChI=1S/C11H19N/c1-11(4-5-11)8-12-6-2-3-9-7-10(9)12/h9-10H,2-8H2,1H3. The maximum absolute atomic E-state index is 2.78. The summed E-state index contributed by atoms with van der Waals surface area (Å²) in [7, 11) is 0. The molecule has 0 aromatic rings. The first kappa shape index (κ1) is 7.37. The summed E-state index contributed by atoms with van der Waals surface area (Å²) in [6.45, 7) is 5.27. The van der Waals surface area contributed by atoms with Crippen molar-refractivity contribution in [1.29, 1.82) is 0 Å². The van der Waals surface area contributed by atoms with Crippen LogP contribution in [-0.2, 0) is 0 Å². The van der Waals surface area contributed by atoms with E-state index in [0.717, 1.165) is 17.4 Å². The van der Waals surface area contributed by atoms with Crippen molar-refractivity contribution in [2.75, 3.05) is 13.1 Å². The van der Waals surface area contributed by atoms with Crippen molar-refractivity contribution in [3.8, 4) is 0 Å². The van der Waals surface area contributed by atoms with Gasteiger partial charge in [0.1, 0.15) is 0 Å². The first-order chi connectivity index (χ1) is 5.77. The minimum Gasteiger partial charge on any atom is -0.300 e. The third-order valence-electron chi connectivity index (χ3n) is 4.06. The number of piperidine rings is 1. The molecule has 2 aliphatic carbocycles. The molecular formula is C11H19N. The highest BCUT2D eigenvalue weighted by Gasteiger charge is 2.48. The molecule has 0 bridgehead atoms. The van der Waals surface area contributed by atoms with Crippen molar-refractivity contribution in [1.82, 2.24) is 4.90 Å². The van der Waals surface area contributed by atoms with Gasteiger partial charge in [0.15, 0.2) is 0 Å². The fourth-order valence-corrected chi connectivity index (χ4v) is 2.77. The molecule has 1 heteroatoms. The summed E-state index contributed by atoms with van der Waals surface area (Å²) < 4.78 is 0. The molecule has 3 aliphatic rings. The Morgan fingerprint density at radius 2 is 2.25 bits per heavy atom. The zero-order chi connectivity index (χ0) is 8.18. The summed E-state index contributed by atoms with van der Waals surface area (Å²) in [6, 6.07) is 1.02. The Morgan fingerprint density at radius 1 is 1.42 bits per heavy atom. The van der Waals surface area contributed by atoms with Gasteiger partial charge in [-0.2, -0.15) is 0 Å². The van der Waals surface area contributed by atoms with Crippen LogP contribution in [-0.4, -0.2) is 24.0 Å². The summed E-state index contributed by atoms with van der Waals surface area (Å²) in [5.74, 6) is 1.11. The second-order valence-corrected chi connectivity index (χ2v) is 5.49. The summed E-state index contributed by atoms with van der Waals surface area (Å²) in [5, 5.41) is 0. The van der Waals surface area contributed by atoms with Crippen molar-refractivity contribution in [3.05, 3.63) is 0 Å². The fourth-order valence-electron chi connectivity index (χ4n) is 2.77. The summed E-state index contributed by atoms with van der Waals surface area (Å²) >= 11 is 0. The molecule has 3 fully saturated rings. The van der Waals surface area contributed by atoms with Gasteiger partial charge in [0.05, 0.1) is 0 Å². The average molecular weight is 165 g/mol. The molecule has 2 atom stereocenters. The lowest BCUT2D eigenvalue weighted by molar-refractivity contribution is 0.181. The lowest BCUT2D eigenvalue weighted by Crippen LogP contribution is -2.35. The Bertz CT molecular complexity index is 195. The minimum absolute atomic E-state index is 0.741. The van der Waals surface area contributed by atoms with Gasteiger partial charge >= 0.3 is 0 Å². The quantitative estimate of drug-likeness (QED) is 0.606. The molecule has 0 amide bonds. The van der Waals surface area contributed by atoms with Gasteiger partial charge < -0.3 is 0 Å². The first-order valence-electron chi connectivity index (χ1n) is 5.51. The minimum atomic E-state index is 0.741. The van der Waals surface area contributed by atoms with Crippen LogP contribution in [0.4, 0.5) is 0 Å². The van der Waals surface area contributed by atoms with Gasteiger partial charge in [-0.25, -0.2) is 0 Å². The van der Waals surface area contributed by atoms with Crippen molar-refractivity contribution in [2.45, 2.75) is 45.1 Å². The number of hydrogen-bond acceptors (Lipinski definition) is 1. The van der Waals surface area contributed by atoms with E-state index >= 15 is 0 Å². The number of nitrogens with zero attached hydrogens (tertiary/aromatic N) is 1. The van der Waals surface area contributed by atoms with E-state index in [1.807, 2.05) is 0 Å². The van der Waals surface area contributed by atoms with E-state index in [0.29, 0.717) is 0 Å². The highest BCUT2D eigenvalue weighted by molar-refractivity contribution is 5.01. The third kappa shape index (κ3) is 1.19. The molecule has 0 aromatic heterocycles. The number of fused-ring (bicyclic) bond motifs is 1. The normalized spacial score (nSPS) is 43.8. The van der Waals surface area contributed by atoms with E-state index in [4.69, 9.17) is 0 Å². The van der Waals surface area contributed by atoms with Gasteiger partial charge in [0, 0.05) is 12.6 Å². The third-order valence-corrected chi connectivity index (χ3v) is 4.06. The Balaban J connectivity index is 1.61. The van der Waals surface area contributed by atoms with Crippen molar-refractivity contribution in [3.63, 3.8) is 0 Å². The SMILES string of the molecule is CC1(CN2CCCC3CC32)CC1. The monoisotopic (exact) mass is 165 g/mol. The van der Waals surface area contributed by atoms with E-state index < -0.39 is 0 Å². The molecule has 68 valence electrons. The summed E-state index contributed by atoms with van der Waals surface area (Å²) in [5.41, 5.74) is 0.741. The summed E-state index contributed by atoms with van der Waals surface area (Å²) in [4.78, 5) is 2.78. The molecule has 2 saturated carbocycles. The van der Waals surface area contributed by atoms with Crippen LogP contribution in [0, 0.1) is 11.3 Å². The first-order valence-corrected chi connectivity index (χ1v) is 5.51. The van der Waals surface area contributed by atoms with Gasteiger partial charge in [-0.1, -0.05) is 6.92 Å². The van der Waals surface area contributed by atoms with Gasteiger partial charge in [-0.15, -0.1) is 0 Å². The van der Waals surface area contributed by atoms with Gasteiger partial charge in [-0.3, -0.25) is 4.90 Å². The van der Waals surface area contributed by atoms with Crippen molar-refractivity contribution < 1.29 is 0 Å². The maximum atomic E-state index is 2.78. The molecule has 1 aliphatic heterocycles. The highest BCUT2D eigenvalue weighted by Crippen LogP contribution is 2.50. The van der Waals surface area contributed by atoms with Crippen molar-refractivity contribution >= 4 is 0 Å². The largest absolute Gasteiger partial charge is 0.300 e. The van der Waals surface area contributed by atoms with E-state index in [-0.39, 0.29) is 0 Å². The van der Waals surface area contributed by atoms with Crippen LogP contribution in [0.1, 0.15) is 39.0 Å². The van der Waals surface area contributed by atoms with Crippen LogP contribution in [0.5, 0.6) is 0 Å². The second kappa shape index (κ2) is 2.25. The van der Waals surface area contributed by atoms with Crippen LogP contribution in [0.25, 0.3) is 0 Å². The Morgan fingerprint density at radius 3 is 3.00 bits per heavy atom. The molecule has 12 heavy (non-hydrogen) atoms. The molecule has 3 rings (SSSR count). The van der Waals surface area contributed by atoms with E-state index in [2.05, 4.69) is 11.8 Å². The number of likely N-dealkylation sites (tertiary alicyclic amines) is 1. The molecule has 1 nitrogen and oxygen atoms in total. The van der Waals surface area contributed by atoms with E-state index in [9.17, 15) is 0 Å². The van der Waals surface area contributed by atoms with Gasteiger partial charge in [0.25, 0.3) is 0 Å². The predicted octanol–water partition coefficient (Wildman–Crippen LogP) is 2.27. The fraction of sp³-hybridized carbons (Fsp3) is 1.00. The number of hydrogen-bond donors (Lipinski definition) is 0. The van der Waals surface area contributed by atoms with Gasteiger partial charge in [0.2, 0.25) is 0 Å². The van der Waals surface area contributed by atoms with Crippen LogP contribution in [0.2, 0.25) is 0 Å². The van der Waals surface area contributed by atoms with Crippen LogP contribution >= 0.6 is 0 Å². The molecule has 0 spiro atoms. The van der Waals surface area contributed by atoms with Crippen LogP contribution in [0.15, 0.2) is 0 Å².